The molecule has 0 unspecified atom stereocenters. The summed E-state index contributed by atoms with van der Waals surface area (Å²) in [5, 5.41) is 10.2. The quantitative estimate of drug-likeness (QED) is 0.766. The molecule has 7 nitrogen and oxygen atoms in total. The number of nitrogens with zero attached hydrogens (tertiary/aromatic N) is 1. The van der Waals surface area contributed by atoms with E-state index in [2.05, 4.69) is 0 Å². The number of hydrogen-bond donors (Lipinski definition) is 1. The molecule has 1 aliphatic heterocycles. The van der Waals surface area contributed by atoms with Crippen LogP contribution in [0.5, 0.6) is 28.7 Å². The lowest BCUT2D eigenvalue weighted by Crippen LogP contribution is -2.11. The zero-order valence-corrected chi connectivity index (χ0v) is 16.5. The highest BCUT2D eigenvalue weighted by atomic mass is 16.5. The Kier molecular flexibility index (Phi) is 5.46. The van der Waals surface area contributed by atoms with Crippen molar-refractivity contribution in [3.8, 4) is 28.7 Å². The summed E-state index contributed by atoms with van der Waals surface area (Å²) in [6.45, 7) is 0.444. The zero-order chi connectivity index (χ0) is 20.4. The van der Waals surface area contributed by atoms with Gasteiger partial charge < -0.3 is 29.0 Å². The van der Waals surface area contributed by atoms with Crippen LogP contribution in [-0.2, 0) is 6.54 Å². The number of methoxy groups -OCH3 is 3. The van der Waals surface area contributed by atoms with Crippen LogP contribution in [-0.4, -0.2) is 51.2 Å². The molecular weight excluding hydrogens is 362 g/mol. The molecule has 0 amide bonds. The van der Waals surface area contributed by atoms with E-state index >= 15 is 0 Å². The van der Waals surface area contributed by atoms with Gasteiger partial charge in [0.2, 0.25) is 11.5 Å². The van der Waals surface area contributed by atoms with Crippen molar-refractivity contribution in [2.24, 2.45) is 0 Å². The normalized spacial score (nSPS) is 14.2. The van der Waals surface area contributed by atoms with Gasteiger partial charge in [0.15, 0.2) is 17.3 Å². The Balaban J connectivity index is 2.04. The summed E-state index contributed by atoms with van der Waals surface area (Å²) < 4.78 is 21.9. The first-order chi connectivity index (χ1) is 13.4. The molecule has 2 aromatic carbocycles. The van der Waals surface area contributed by atoms with E-state index in [1.54, 1.807) is 24.3 Å². The maximum atomic E-state index is 12.8. The highest BCUT2D eigenvalue weighted by molar-refractivity contribution is 6.15. The largest absolute Gasteiger partial charge is 0.507 e. The Bertz CT molecular complexity index is 923. The molecule has 0 saturated heterocycles. The summed E-state index contributed by atoms with van der Waals surface area (Å²) in [6.07, 6.45) is 1.61. The third-order valence-corrected chi connectivity index (χ3v) is 4.38. The van der Waals surface area contributed by atoms with Gasteiger partial charge in [0, 0.05) is 6.54 Å². The number of allylic oxidation sites excluding steroid dienone is 1. The number of carbonyl (C=O) groups excluding carboxylic acids is 1. The minimum Gasteiger partial charge on any atom is -0.507 e. The number of benzene rings is 2. The summed E-state index contributed by atoms with van der Waals surface area (Å²) in [5.74, 6) is 1.81. The molecule has 148 valence electrons. The van der Waals surface area contributed by atoms with E-state index in [9.17, 15) is 9.90 Å². The van der Waals surface area contributed by atoms with Crippen molar-refractivity contribution in [2.45, 2.75) is 6.54 Å². The van der Waals surface area contributed by atoms with Crippen molar-refractivity contribution in [1.82, 2.24) is 4.90 Å². The third-order valence-electron chi connectivity index (χ3n) is 4.38. The Labute approximate surface area is 163 Å². The van der Waals surface area contributed by atoms with Gasteiger partial charge in [-0.1, -0.05) is 0 Å². The van der Waals surface area contributed by atoms with Crippen LogP contribution in [0.1, 0.15) is 21.5 Å². The second kappa shape index (κ2) is 7.82. The molecule has 28 heavy (non-hydrogen) atoms. The van der Waals surface area contributed by atoms with Crippen LogP contribution in [0, 0.1) is 0 Å². The summed E-state index contributed by atoms with van der Waals surface area (Å²) in [4.78, 5) is 14.7. The van der Waals surface area contributed by atoms with Gasteiger partial charge >= 0.3 is 0 Å². The standard InChI is InChI=1S/C21H23NO6/c1-22(2)11-14-15(23)7-6-13-19(24)16(28-20(13)14)8-12-9-17(25-3)21(27-5)18(10-12)26-4/h6-10,23H,11H2,1-5H3. The third kappa shape index (κ3) is 3.48. The SMILES string of the molecule is COc1cc(C=C2Oc3c(ccc(O)c3CN(C)C)C2=O)cc(OC)c1OC. The van der Waals surface area contributed by atoms with E-state index < -0.39 is 0 Å². The van der Waals surface area contributed by atoms with E-state index in [1.807, 2.05) is 19.0 Å². The number of carbonyl (C=O) groups is 1. The molecule has 0 aliphatic carbocycles. The average molecular weight is 385 g/mol. The molecule has 0 radical (unpaired) electrons. The number of phenolic OH excluding ortho intramolecular Hbond substituents is 1. The molecule has 0 bridgehead atoms. The molecule has 0 aromatic heterocycles. The maximum Gasteiger partial charge on any atom is 0.231 e. The fraction of sp³-hybridized carbons (Fsp3) is 0.286. The summed E-state index contributed by atoms with van der Waals surface area (Å²) in [5.41, 5.74) is 1.65. The van der Waals surface area contributed by atoms with Crippen LogP contribution < -0.4 is 18.9 Å². The first kappa shape index (κ1) is 19.6. The van der Waals surface area contributed by atoms with Gasteiger partial charge in [-0.05, 0) is 50.0 Å². The first-order valence-corrected chi connectivity index (χ1v) is 8.63. The average Bonchev–Trinajstić information content (AvgIpc) is 2.98. The van der Waals surface area contributed by atoms with Crippen molar-refractivity contribution in [1.29, 1.82) is 0 Å². The molecule has 0 atom stereocenters. The first-order valence-electron chi connectivity index (χ1n) is 8.63. The summed E-state index contributed by atoms with van der Waals surface area (Å²) >= 11 is 0. The van der Waals surface area contributed by atoms with Gasteiger partial charge in [0.25, 0.3) is 0 Å². The lowest BCUT2D eigenvalue weighted by Gasteiger charge is -2.14. The van der Waals surface area contributed by atoms with Gasteiger partial charge in [-0.15, -0.1) is 0 Å². The highest BCUT2D eigenvalue weighted by Gasteiger charge is 2.31. The molecule has 1 aliphatic rings. The lowest BCUT2D eigenvalue weighted by atomic mass is 10.0. The van der Waals surface area contributed by atoms with Gasteiger partial charge in [-0.25, -0.2) is 0 Å². The van der Waals surface area contributed by atoms with Crippen LogP contribution >= 0.6 is 0 Å². The number of fused-ring (bicyclic) bond motifs is 1. The smallest absolute Gasteiger partial charge is 0.231 e. The minimum atomic E-state index is -0.247. The number of ketones is 1. The van der Waals surface area contributed by atoms with Crippen LogP contribution in [0.15, 0.2) is 30.0 Å². The van der Waals surface area contributed by atoms with Crippen molar-refractivity contribution >= 4 is 11.9 Å². The Hall–Kier alpha value is -3.19. The second-order valence-corrected chi connectivity index (χ2v) is 6.58. The molecule has 1 heterocycles. The molecule has 1 N–H and O–H groups in total. The van der Waals surface area contributed by atoms with E-state index in [4.69, 9.17) is 18.9 Å². The highest BCUT2D eigenvalue weighted by Crippen LogP contribution is 2.42. The number of hydrogen-bond acceptors (Lipinski definition) is 7. The second-order valence-electron chi connectivity index (χ2n) is 6.58. The topological polar surface area (TPSA) is 77.5 Å². The fourth-order valence-corrected chi connectivity index (χ4v) is 3.10. The lowest BCUT2D eigenvalue weighted by molar-refractivity contribution is 0.101. The fourth-order valence-electron chi connectivity index (χ4n) is 3.10. The van der Waals surface area contributed by atoms with Gasteiger partial charge in [0.05, 0.1) is 32.5 Å². The summed E-state index contributed by atoms with van der Waals surface area (Å²) in [7, 11) is 8.33. The van der Waals surface area contributed by atoms with Crippen LogP contribution in [0.3, 0.4) is 0 Å². The van der Waals surface area contributed by atoms with Crippen molar-refractivity contribution in [3.63, 3.8) is 0 Å². The predicted octanol–water partition coefficient (Wildman–Crippen LogP) is 3.10. The molecule has 7 heteroatoms. The zero-order valence-electron chi connectivity index (χ0n) is 16.5. The number of ether oxygens (including phenoxy) is 4. The van der Waals surface area contributed by atoms with Crippen molar-refractivity contribution < 1.29 is 28.8 Å². The Morgan fingerprint density at radius 3 is 2.25 bits per heavy atom. The number of aromatic hydroxyl groups is 1. The van der Waals surface area contributed by atoms with Crippen molar-refractivity contribution in [3.05, 3.63) is 46.7 Å². The summed E-state index contributed by atoms with van der Waals surface area (Å²) in [6, 6.07) is 6.54. The minimum absolute atomic E-state index is 0.0919. The maximum absolute atomic E-state index is 12.8. The molecule has 0 saturated carbocycles. The molecule has 3 rings (SSSR count). The molecule has 2 aromatic rings. The van der Waals surface area contributed by atoms with Gasteiger partial charge in [0.1, 0.15) is 11.5 Å². The monoisotopic (exact) mass is 385 g/mol. The van der Waals surface area contributed by atoms with E-state index in [0.717, 1.165) is 0 Å². The van der Waals surface area contributed by atoms with E-state index in [-0.39, 0.29) is 17.3 Å². The van der Waals surface area contributed by atoms with Gasteiger partial charge in [-0.3, -0.25) is 4.79 Å². The predicted molar refractivity (Wildman–Crippen MR) is 105 cm³/mol. The van der Waals surface area contributed by atoms with Crippen LogP contribution in [0.2, 0.25) is 0 Å². The molecular formula is C21H23NO6. The van der Waals surface area contributed by atoms with E-state index in [0.29, 0.717) is 46.2 Å². The number of phenols is 1. The van der Waals surface area contributed by atoms with Crippen LogP contribution in [0.25, 0.3) is 6.08 Å². The van der Waals surface area contributed by atoms with Crippen molar-refractivity contribution in [2.75, 3.05) is 35.4 Å². The van der Waals surface area contributed by atoms with Gasteiger partial charge in [-0.2, -0.15) is 0 Å². The number of rotatable bonds is 6. The molecule has 0 fully saturated rings. The van der Waals surface area contributed by atoms with Crippen LogP contribution in [0.4, 0.5) is 0 Å². The Morgan fingerprint density at radius 1 is 1.07 bits per heavy atom. The molecule has 0 spiro atoms. The van der Waals surface area contributed by atoms with E-state index in [1.165, 1.54) is 27.4 Å². The number of Topliss-reactive ketones (excluding diaryl/α,β-unsaturated/α-hetero) is 1. The Morgan fingerprint density at radius 2 is 1.71 bits per heavy atom.